The van der Waals surface area contributed by atoms with Crippen LogP contribution in [0.25, 0.3) is 0 Å². The molecule has 1 aliphatic heterocycles. The summed E-state index contributed by atoms with van der Waals surface area (Å²) in [4.78, 5) is 41.7. The first-order chi connectivity index (χ1) is 20.7. The third-order valence-corrected chi connectivity index (χ3v) is 8.83. The lowest BCUT2D eigenvalue weighted by molar-refractivity contribution is -0.130. The van der Waals surface area contributed by atoms with Crippen LogP contribution in [-0.4, -0.2) is 74.0 Å². The van der Waals surface area contributed by atoms with Crippen LogP contribution in [0.1, 0.15) is 77.0 Å². The summed E-state index contributed by atoms with van der Waals surface area (Å²) >= 11 is 0. The van der Waals surface area contributed by atoms with Gasteiger partial charge in [0.25, 0.3) is 5.91 Å². The molecule has 11 heteroatoms. The summed E-state index contributed by atoms with van der Waals surface area (Å²) < 4.78 is 0. The number of hydrazine groups is 1. The predicted molar refractivity (Wildman–Crippen MR) is 163 cm³/mol. The van der Waals surface area contributed by atoms with Gasteiger partial charge in [0, 0.05) is 32.2 Å². The van der Waals surface area contributed by atoms with E-state index in [1.54, 1.807) is 32.1 Å². The Hall–Kier alpha value is -3.82. The Labute approximate surface area is 253 Å². The second kappa shape index (κ2) is 14.1. The normalized spacial score (nSPS) is 20.7. The number of nitrogens with zero attached hydrogens (tertiary/aromatic N) is 2. The number of carbonyl (C=O) groups is 3. The van der Waals surface area contributed by atoms with Gasteiger partial charge in [-0.1, -0.05) is 31.2 Å². The standard InChI is InChI=1S/C32H43N7O4/c1-5-24(37-19-28(40)39-14-6-7-25(39)18-33)17-32(31(43)38-36-4)26-12-10-22(29(41)34-2)15-20(26)8-9-21-16-23(30(42)35-3)11-13-27(21)32/h10-13,15-16,24-25,29,34,36-37,41H,5-9,14,17,19H2,1-4H3,(H,35,42)(H,38,43)/t24-,25?,29?,32?/m0/s1. The minimum atomic E-state index is -1.19. The molecular weight excluding hydrogens is 546 g/mol. The maximum absolute atomic E-state index is 14.4. The minimum absolute atomic E-state index is 0.0586. The van der Waals surface area contributed by atoms with Crippen LogP contribution in [-0.2, 0) is 27.8 Å². The van der Waals surface area contributed by atoms with Crippen LogP contribution in [0.2, 0.25) is 0 Å². The molecule has 6 N–H and O–H groups in total. The van der Waals surface area contributed by atoms with Gasteiger partial charge in [0.2, 0.25) is 11.8 Å². The molecule has 4 atom stereocenters. The average Bonchev–Trinajstić information content (AvgIpc) is 3.47. The lowest BCUT2D eigenvalue weighted by atomic mass is 9.67. The van der Waals surface area contributed by atoms with Crippen LogP contribution in [0, 0.1) is 11.3 Å². The Kier molecular flexibility index (Phi) is 10.5. The molecular formula is C32H43N7O4. The summed E-state index contributed by atoms with van der Waals surface area (Å²) in [5.74, 6) is -0.595. The largest absolute Gasteiger partial charge is 0.374 e. The van der Waals surface area contributed by atoms with Crippen molar-refractivity contribution in [3.05, 3.63) is 69.8 Å². The fourth-order valence-electron chi connectivity index (χ4n) is 6.53. The van der Waals surface area contributed by atoms with Gasteiger partial charge in [-0.05, 0) is 85.5 Å². The third kappa shape index (κ3) is 6.43. The topological polar surface area (TPSA) is 159 Å². The molecule has 43 heavy (non-hydrogen) atoms. The summed E-state index contributed by atoms with van der Waals surface area (Å²) in [6.07, 6.45) is 2.79. The summed E-state index contributed by atoms with van der Waals surface area (Å²) in [6, 6.07) is 12.8. The summed E-state index contributed by atoms with van der Waals surface area (Å²) in [5, 5.41) is 29.0. The number of benzene rings is 2. The molecule has 1 heterocycles. The first-order valence-corrected chi connectivity index (χ1v) is 15.0. The molecule has 2 aliphatic rings. The highest BCUT2D eigenvalue weighted by molar-refractivity contribution is 5.96. The molecule has 1 fully saturated rings. The number of aliphatic hydroxyl groups excluding tert-OH is 1. The van der Waals surface area contributed by atoms with Crippen LogP contribution >= 0.6 is 0 Å². The van der Waals surface area contributed by atoms with Crippen molar-refractivity contribution in [1.29, 1.82) is 5.26 Å². The van der Waals surface area contributed by atoms with Crippen molar-refractivity contribution in [1.82, 2.24) is 31.7 Å². The number of hydrogen-bond acceptors (Lipinski definition) is 8. The van der Waals surface area contributed by atoms with Gasteiger partial charge in [-0.25, -0.2) is 5.43 Å². The zero-order valence-electron chi connectivity index (χ0n) is 25.4. The van der Waals surface area contributed by atoms with E-state index in [-0.39, 0.29) is 30.3 Å². The molecule has 2 aromatic carbocycles. The van der Waals surface area contributed by atoms with Crippen LogP contribution in [0.5, 0.6) is 0 Å². The molecule has 0 bridgehead atoms. The van der Waals surface area contributed by atoms with E-state index in [1.165, 1.54) is 0 Å². The zero-order chi connectivity index (χ0) is 31.1. The molecule has 0 radical (unpaired) electrons. The quantitative estimate of drug-likeness (QED) is 0.168. The van der Waals surface area contributed by atoms with Crippen LogP contribution in [0.3, 0.4) is 0 Å². The van der Waals surface area contributed by atoms with Gasteiger partial charge in [0.15, 0.2) is 0 Å². The highest BCUT2D eigenvalue weighted by atomic mass is 16.3. The number of nitriles is 1. The number of amides is 3. The summed E-state index contributed by atoms with van der Waals surface area (Å²) in [6.45, 7) is 2.64. The fourth-order valence-corrected chi connectivity index (χ4v) is 6.53. The molecule has 1 saturated heterocycles. The van der Waals surface area contributed by atoms with Crippen molar-refractivity contribution in [2.45, 2.75) is 69.2 Å². The lowest BCUT2D eigenvalue weighted by Gasteiger charge is -2.38. The van der Waals surface area contributed by atoms with Crippen molar-refractivity contribution in [2.75, 3.05) is 34.2 Å². The summed E-state index contributed by atoms with van der Waals surface area (Å²) in [7, 11) is 4.90. The number of hydrogen-bond donors (Lipinski definition) is 6. The Morgan fingerprint density at radius 2 is 1.79 bits per heavy atom. The first-order valence-electron chi connectivity index (χ1n) is 15.0. The average molecular weight is 590 g/mol. The van der Waals surface area contributed by atoms with E-state index in [0.29, 0.717) is 49.8 Å². The van der Waals surface area contributed by atoms with E-state index < -0.39 is 17.7 Å². The molecule has 3 unspecified atom stereocenters. The number of aryl methyl sites for hydroxylation is 2. The molecule has 0 spiro atoms. The Morgan fingerprint density at radius 1 is 1.09 bits per heavy atom. The van der Waals surface area contributed by atoms with Crippen molar-refractivity contribution < 1.29 is 19.5 Å². The van der Waals surface area contributed by atoms with E-state index in [9.17, 15) is 24.8 Å². The van der Waals surface area contributed by atoms with Crippen LogP contribution < -0.4 is 26.8 Å². The molecule has 0 saturated carbocycles. The second-order valence-electron chi connectivity index (χ2n) is 11.2. The SMILES string of the molecule is CC[C@@H](CC1(C(=O)NNC)c2ccc(C(=O)NC)cc2CCc2cc(C(O)NC)ccc21)NCC(=O)N1CCCC1C#N. The molecule has 4 rings (SSSR count). The minimum Gasteiger partial charge on any atom is -0.374 e. The first kappa shape index (κ1) is 32.1. The number of rotatable bonds is 11. The molecule has 1 aliphatic carbocycles. The molecule has 0 aromatic heterocycles. The van der Waals surface area contributed by atoms with E-state index >= 15 is 0 Å². The maximum Gasteiger partial charge on any atom is 0.251 e. The zero-order valence-corrected chi connectivity index (χ0v) is 25.4. The monoisotopic (exact) mass is 589 g/mol. The number of likely N-dealkylation sites (tertiary alicyclic amines) is 1. The van der Waals surface area contributed by atoms with Crippen molar-refractivity contribution in [3.63, 3.8) is 0 Å². The second-order valence-corrected chi connectivity index (χ2v) is 11.2. The summed E-state index contributed by atoms with van der Waals surface area (Å²) in [5.41, 5.74) is 9.10. The smallest absolute Gasteiger partial charge is 0.251 e. The number of aliphatic hydroxyl groups is 1. The van der Waals surface area contributed by atoms with E-state index in [2.05, 4.69) is 32.9 Å². The van der Waals surface area contributed by atoms with E-state index in [1.807, 2.05) is 37.3 Å². The van der Waals surface area contributed by atoms with Gasteiger partial charge in [-0.15, -0.1) is 0 Å². The molecule has 3 amide bonds. The Balaban J connectivity index is 1.82. The number of nitrogens with one attached hydrogen (secondary N) is 5. The maximum atomic E-state index is 14.4. The van der Waals surface area contributed by atoms with Gasteiger partial charge < -0.3 is 20.6 Å². The fraction of sp³-hybridized carbons (Fsp3) is 0.500. The number of carbonyl (C=O) groups excluding carboxylic acids is 3. The predicted octanol–water partition coefficient (Wildman–Crippen LogP) is 1.16. The van der Waals surface area contributed by atoms with Crippen LogP contribution in [0.4, 0.5) is 0 Å². The lowest BCUT2D eigenvalue weighted by Crippen LogP contribution is -2.53. The number of fused-ring (bicyclic) bond motifs is 2. The highest BCUT2D eigenvalue weighted by Crippen LogP contribution is 2.44. The van der Waals surface area contributed by atoms with Gasteiger partial charge in [0.1, 0.15) is 17.7 Å². The Morgan fingerprint density at radius 3 is 2.42 bits per heavy atom. The molecule has 11 nitrogen and oxygen atoms in total. The molecule has 230 valence electrons. The van der Waals surface area contributed by atoms with Crippen molar-refractivity contribution in [3.8, 4) is 6.07 Å². The van der Waals surface area contributed by atoms with Crippen molar-refractivity contribution in [2.24, 2.45) is 0 Å². The highest BCUT2D eigenvalue weighted by Gasteiger charge is 2.47. The van der Waals surface area contributed by atoms with E-state index in [4.69, 9.17) is 0 Å². The third-order valence-electron chi connectivity index (χ3n) is 8.83. The Bertz CT molecular complexity index is 1390. The van der Waals surface area contributed by atoms with Gasteiger partial charge in [-0.2, -0.15) is 5.26 Å². The van der Waals surface area contributed by atoms with Gasteiger partial charge >= 0.3 is 0 Å². The molecule has 2 aromatic rings. The van der Waals surface area contributed by atoms with Gasteiger partial charge in [0.05, 0.1) is 12.6 Å². The van der Waals surface area contributed by atoms with Gasteiger partial charge in [-0.3, -0.25) is 25.1 Å². The van der Waals surface area contributed by atoms with Crippen molar-refractivity contribution >= 4 is 17.7 Å². The van der Waals surface area contributed by atoms with E-state index in [0.717, 1.165) is 28.7 Å². The van der Waals surface area contributed by atoms with Crippen LogP contribution in [0.15, 0.2) is 36.4 Å².